The summed E-state index contributed by atoms with van der Waals surface area (Å²) in [4.78, 5) is 40.8. The number of nitrogens with zero attached hydrogens (tertiary/aromatic N) is 8. The molecule has 10 heteroatoms. The third-order valence-electron chi connectivity index (χ3n) is 23.3. The van der Waals surface area contributed by atoms with Gasteiger partial charge in [-0.3, -0.25) is 0 Å². The standard InChI is InChI=1S/C60H38N4S.C56H36N4S/c1-4-16-42(17-5-1)53-37-54(43-18-6-2-7-19-43)62-59(61-53)45-31-27-39(28-32-45)47-35-51(58-52(36-47)50-24-12-13-26-57(50)65-58)41-29-33-46(34-30-41)60-63-55(44-20-8-3-9-21-44)38-56(64-60)49-25-14-22-40-15-10-11-23-48(40)49;1-5-16-38(17-6-1)49-35-51(59-55(57-49)41-20-9-3-10-21-41)40-30-28-37(29-31-40)45-33-47(54-48(34-45)46-26-13-14-27-53(46)61-54)43-24-15-25-44(32-43)52-36-50(39-18-7-2-8-19-39)58-56(60-52)42-22-11-4-12-23-42/h1-38H;1-36H. The predicted molar refractivity (Wildman–Crippen MR) is 526 cm³/mol. The lowest BCUT2D eigenvalue weighted by Gasteiger charge is -2.13. The van der Waals surface area contributed by atoms with Crippen molar-refractivity contribution in [1.82, 2.24) is 39.9 Å². The van der Waals surface area contributed by atoms with Gasteiger partial charge < -0.3 is 0 Å². The molecule has 0 unspecified atom stereocenters. The Labute approximate surface area is 737 Å². The maximum atomic E-state index is 5.24. The summed E-state index contributed by atoms with van der Waals surface area (Å²) in [5.41, 5.74) is 28.6. The van der Waals surface area contributed by atoms with Gasteiger partial charge in [-0.15, -0.1) is 22.7 Å². The van der Waals surface area contributed by atoms with Gasteiger partial charge in [-0.1, -0.05) is 382 Å². The highest BCUT2D eigenvalue weighted by atomic mass is 32.1. The van der Waals surface area contributed by atoms with Gasteiger partial charge in [0.25, 0.3) is 0 Å². The van der Waals surface area contributed by atoms with E-state index in [1.807, 2.05) is 126 Å². The molecule has 23 aromatic rings. The van der Waals surface area contributed by atoms with Crippen LogP contribution in [-0.2, 0) is 0 Å². The van der Waals surface area contributed by atoms with Gasteiger partial charge in [-0.25, -0.2) is 39.9 Å². The minimum atomic E-state index is 0.691. The normalized spacial score (nSPS) is 11.3. The van der Waals surface area contributed by atoms with Crippen LogP contribution >= 0.6 is 22.7 Å². The number of hydrogen-bond acceptors (Lipinski definition) is 10. The van der Waals surface area contributed by atoms with Gasteiger partial charge in [0.1, 0.15) is 0 Å². The van der Waals surface area contributed by atoms with E-state index in [-0.39, 0.29) is 0 Å². The number of aromatic nitrogens is 8. The number of fused-ring (bicyclic) bond motifs is 7. The summed E-state index contributed by atoms with van der Waals surface area (Å²) in [6.45, 7) is 0. The van der Waals surface area contributed by atoms with Crippen LogP contribution < -0.4 is 0 Å². The molecule has 0 radical (unpaired) electrons. The summed E-state index contributed by atoms with van der Waals surface area (Å²) < 4.78 is 5.06. The van der Waals surface area contributed by atoms with Crippen LogP contribution in [0.25, 0.3) is 231 Å². The fourth-order valence-electron chi connectivity index (χ4n) is 16.9. The highest BCUT2D eigenvalue weighted by Gasteiger charge is 2.22. The summed E-state index contributed by atoms with van der Waals surface area (Å²) in [7, 11) is 0. The summed E-state index contributed by atoms with van der Waals surface area (Å²) in [6, 6.07) is 157. The Balaban J connectivity index is 0.000000149. The molecule has 0 saturated heterocycles. The summed E-state index contributed by atoms with van der Waals surface area (Å²) >= 11 is 3.69. The molecule has 0 amide bonds. The fourth-order valence-corrected chi connectivity index (χ4v) is 19.3. The Morgan fingerprint density at radius 3 is 0.802 bits per heavy atom. The number of rotatable bonds is 16. The van der Waals surface area contributed by atoms with Crippen LogP contribution in [0.3, 0.4) is 0 Å². The van der Waals surface area contributed by atoms with Crippen LogP contribution in [0.5, 0.6) is 0 Å². The molecular weight excluding hydrogens is 1570 g/mol. The first kappa shape index (κ1) is 75.9. The van der Waals surface area contributed by atoms with Gasteiger partial charge in [0.15, 0.2) is 23.3 Å². The quantitative estimate of drug-likeness (QED) is 0.0943. The molecule has 23 rings (SSSR count). The van der Waals surface area contributed by atoms with Gasteiger partial charge in [-0.05, 0) is 111 Å². The zero-order chi connectivity index (χ0) is 83.6. The second-order valence-corrected chi connectivity index (χ2v) is 33.4. The summed E-state index contributed by atoms with van der Waals surface area (Å²) in [6.07, 6.45) is 0. The molecule has 0 atom stereocenters. The lowest BCUT2D eigenvalue weighted by Crippen LogP contribution is -1.96. The molecule has 8 nitrogen and oxygen atoms in total. The van der Waals surface area contributed by atoms with Gasteiger partial charge in [0.05, 0.1) is 45.6 Å². The van der Waals surface area contributed by atoms with Crippen molar-refractivity contribution in [3.63, 3.8) is 0 Å². The molecule has 0 fully saturated rings. The van der Waals surface area contributed by atoms with Crippen molar-refractivity contribution >= 4 is 73.8 Å². The van der Waals surface area contributed by atoms with E-state index in [0.29, 0.717) is 23.3 Å². The van der Waals surface area contributed by atoms with Crippen molar-refractivity contribution < 1.29 is 0 Å². The number of thiophene rings is 2. The molecule has 590 valence electrons. The second-order valence-electron chi connectivity index (χ2n) is 31.2. The van der Waals surface area contributed by atoms with Gasteiger partial charge in [-0.2, -0.15) is 0 Å². The molecule has 0 saturated carbocycles. The van der Waals surface area contributed by atoms with Crippen molar-refractivity contribution in [1.29, 1.82) is 0 Å². The van der Waals surface area contributed by atoms with E-state index in [1.165, 1.54) is 62.2 Å². The van der Waals surface area contributed by atoms with Crippen LogP contribution in [0.2, 0.25) is 0 Å². The fraction of sp³-hybridized carbons (Fsp3) is 0. The van der Waals surface area contributed by atoms with E-state index in [9.17, 15) is 0 Å². The maximum Gasteiger partial charge on any atom is 0.160 e. The van der Waals surface area contributed by atoms with E-state index >= 15 is 0 Å². The molecule has 0 bridgehead atoms. The summed E-state index contributed by atoms with van der Waals surface area (Å²) in [5, 5.41) is 7.36. The molecule has 6 heterocycles. The van der Waals surface area contributed by atoms with E-state index < -0.39 is 0 Å². The molecule has 6 aromatic heterocycles. The molecule has 0 aliphatic heterocycles. The van der Waals surface area contributed by atoms with Crippen molar-refractivity contribution in [2.45, 2.75) is 0 Å². The van der Waals surface area contributed by atoms with Gasteiger partial charge >= 0.3 is 0 Å². The minimum Gasteiger partial charge on any atom is -0.228 e. The van der Waals surface area contributed by atoms with E-state index in [2.05, 4.69) is 346 Å². The Kier molecular flexibility index (Phi) is 20.3. The number of hydrogen-bond donors (Lipinski definition) is 0. The highest BCUT2D eigenvalue weighted by molar-refractivity contribution is 7.26. The molecular formula is C116H74N8S2. The average Bonchev–Trinajstić information content (AvgIpc) is 1.61. The zero-order valence-corrected chi connectivity index (χ0v) is 69.8. The van der Waals surface area contributed by atoms with Gasteiger partial charge in [0.2, 0.25) is 0 Å². The Morgan fingerprint density at radius 1 is 0.135 bits per heavy atom. The van der Waals surface area contributed by atoms with Crippen LogP contribution in [0.1, 0.15) is 0 Å². The minimum absolute atomic E-state index is 0.691. The van der Waals surface area contributed by atoms with Crippen LogP contribution in [0.15, 0.2) is 449 Å². The van der Waals surface area contributed by atoms with E-state index in [4.69, 9.17) is 39.9 Å². The molecule has 0 spiro atoms. The maximum absolute atomic E-state index is 5.24. The smallest absolute Gasteiger partial charge is 0.160 e. The summed E-state index contributed by atoms with van der Waals surface area (Å²) in [5.74, 6) is 2.79. The lowest BCUT2D eigenvalue weighted by molar-refractivity contribution is 1.18. The average molecular weight is 1640 g/mol. The second kappa shape index (κ2) is 33.6. The van der Waals surface area contributed by atoms with Crippen molar-refractivity contribution in [2.24, 2.45) is 0 Å². The van der Waals surface area contributed by atoms with Crippen LogP contribution in [0.4, 0.5) is 0 Å². The first-order chi connectivity index (χ1) is 62.4. The SMILES string of the molecule is c1ccc(-c2cc(-c3ccc(-c4cc(-c5cccc(-c6cc(-c7ccccc7)nc(-c7ccccc7)n6)c5)c5sc6ccccc6c5c4)cc3)nc(-c3ccccc3)n2)cc1.c1ccc(-c2cc(-c3ccccc3)nc(-c3ccc(-c4cc(-c5ccc(-c6nc(-c7ccccc7)cc(-c7cccc8ccccc78)n6)cc5)c5sc6ccccc6c5c4)cc3)n2)cc1. The molecule has 17 aromatic carbocycles. The Morgan fingerprint density at radius 2 is 0.397 bits per heavy atom. The Bertz CT molecular complexity index is 7780. The van der Waals surface area contributed by atoms with Crippen molar-refractivity contribution in [3.05, 3.63) is 449 Å². The topological polar surface area (TPSA) is 103 Å². The lowest BCUT2D eigenvalue weighted by atomic mass is 9.94. The number of benzene rings is 17. The first-order valence-electron chi connectivity index (χ1n) is 42.1. The van der Waals surface area contributed by atoms with Gasteiger partial charge in [0, 0.05) is 118 Å². The Hall–Kier alpha value is -16.2. The van der Waals surface area contributed by atoms with Crippen LogP contribution in [0, 0.1) is 0 Å². The predicted octanol–water partition coefficient (Wildman–Crippen LogP) is 31.1. The first-order valence-corrected chi connectivity index (χ1v) is 43.8. The monoisotopic (exact) mass is 1640 g/mol. The van der Waals surface area contributed by atoms with E-state index in [0.717, 1.165) is 146 Å². The third kappa shape index (κ3) is 15.4. The molecule has 0 N–H and O–H groups in total. The van der Waals surface area contributed by atoms with E-state index in [1.54, 1.807) is 0 Å². The zero-order valence-electron chi connectivity index (χ0n) is 68.1. The largest absolute Gasteiger partial charge is 0.228 e. The van der Waals surface area contributed by atoms with Crippen molar-refractivity contribution in [2.75, 3.05) is 0 Å². The van der Waals surface area contributed by atoms with Crippen LogP contribution in [-0.4, -0.2) is 39.9 Å². The highest BCUT2D eigenvalue weighted by Crippen LogP contribution is 2.47. The van der Waals surface area contributed by atoms with Crippen molar-refractivity contribution in [3.8, 4) is 180 Å². The molecule has 0 aliphatic rings. The molecule has 126 heavy (non-hydrogen) atoms. The third-order valence-corrected chi connectivity index (χ3v) is 25.7. The molecule has 0 aliphatic carbocycles.